The van der Waals surface area contributed by atoms with Crippen LogP contribution in [0.4, 0.5) is 5.69 Å². The van der Waals surface area contributed by atoms with Crippen molar-refractivity contribution >= 4 is 15.5 Å². The van der Waals surface area contributed by atoms with Gasteiger partial charge in [0.25, 0.3) is 0 Å². The van der Waals surface area contributed by atoms with Crippen LogP contribution in [-0.2, 0) is 9.84 Å². The highest BCUT2D eigenvalue weighted by molar-refractivity contribution is 7.91. The van der Waals surface area contributed by atoms with E-state index in [0.717, 1.165) is 12.1 Å². The smallest absolute Gasteiger partial charge is 0.310 e. The number of hydrogen-bond acceptors (Lipinski definition) is 5. The third kappa shape index (κ3) is 2.48. The average molecular weight is 293 g/mol. The molecule has 0 unspecified atom stereocenters. The number of ether oxygens (including phenoxy) is 1. The van der Waals surface area contributed by atoms with Crippen molar-refractivity contribution in [2.45, 2.75) is 9.79 Å². The van der Waals surface area contributed by atoms with Crippen LogP contribution in [0.1, 0.15) is 0 Å². The van der Waals surface area contributed by atoms with Crippen LogP contribution in [0.15, 0.2) is 58.3 Å². The monoisotopic (exact) mass is 293 g/mol. The van der Waals surface area contributed by atoms with Crippen LogP contribution in [0.3, 0.4) is 0 Å². The SMILES string of the molecule is COc1cc(S(=O)(=O)c2ccccc2)ccc1[N+](=O)[O-]. The normalized spacial score (nSPS) is 11.1. The molecule has 0 N–H and O–H groups in total. The molecular weight excluding hydrogens is 282 g/mol. The molecule has 0 bridgehead atoms. The van der Waals surface area contributed by atoms with Crippen LogP contribution in [0, 0.1) is 10.1 Å². The first-order valence-electron chi connectivity index (χ1n) is 5.59. The van der Waals surface area contributed by atoms with Gasteiger partial charge < -0.3 is 4.74 Å². The number of nitro benzene ring substituents is 1. The minimum absolute atomic E-state index is 0.0499. The Morgan fingerprint density at radius 2 is 1.70 bits per heavy atom. The quantitative estimate of drug-likeness (QED) is 0.638. The number of methoxy groups -OCH3 is 1. The molecule has 0 heterocycles. The van der Waals surface area contributed by atoms with E-state index >= 15 is 0 Å². The third-order valence-electron chi connectivity index (χ3n) is 2.71. The fourth-order valence-electron chi connectivity index (χ4n) is 1.71. The first-order valence-corrected chi connectivity index (χ1v) is 7.07. The molecule has 0 spiro atoms. The summed E-state index contributed by atoms with van der Waals surface area (Å²) in [5, 5.41) is 10.8. The van der Waals surface area contributed by atoms with Crippen LogP contribution in [0.2, 0.25) is 0 Å². The lowest BCUT2D eigenvalue weighted by Crippen LogP contribution is -2.03. The minimum atomic E-state index is -3.72. The fraction of sp³-hybridized carbons (Fsp3) is 0.0769. The van der Waals surface area contributed by atoms with E-state index in [1.165, 1.54) is 25.3 Å². The summed E-state index contributed by atoms with van der Waals surface area (Å²) in [6.45, 7) is 0. The Balaban J connectivity index is 2.57. The third-order valence-corrected chi connectivity index (χ3v) is 4.48. The van der Waals surface area contributed by atoms with Crippen molar-refractivity contribution in [3.05, 3.63) is 58.6 Å². The summed E-state index contributed by atoms with van der Waals surface area (Å²) in [6.07, 6.45) is 0. The van der Waals surface area contributed by atoms with Gasteiger partial charge in [-0.05, 0) is 18.2 Å². The van der Waals surface area contributed by atoms with Crippen LogP contribution in [-0.4, -0.2) is 20.5 Å². The van der Waals surface area contributed by atoms with Gasteiger partial charge in [0, 0.05) is 12.1 Å². The van der Waals surface area contributed by atoms with Crippen molar-refractivity contribution in [1.29, 1.82) is 0 Å². The van der Waals surface area contributed by atoms with E-state index in [1.54, 1.807) is 18.2 Å². The first-order chi connectivity index (χ1) is 9.46. The molecule has 6 nitrogen and oxygen atoms in total. The molecule has 104 valence electrons. The number of hydrogen-bond donors (Lipinski definition) is 0. The van der Waals surface area contributed by atoms with Crippen LogP contribution >= 0.6 is 0 Å². The lowest BCUT2D eigenvalue weighted by atomic mass is 10.3. The maximum absolute atomic E-state index is 12.4. The van der Waals surface area contributed by atoms with Crippen molar-refractivity contribution in [3.63, 3.8) is 0 Å². The zero-order valence-corrected chi connectivity index (χ0v) is 11.3. The van der Waals surface area contributed by atoms with Gasteiger partial charge in [0.2, 0.25) is 9.84 Å². The van der Waals surface area contributed by atoms with Gasteiger partial charge in [-0.1, -0.05) is 18.2 Å². The average Bonchev–Trinajstić information content (AvgIpc) is 2.47. The number of nitrogens with zero attached hydrogens (tertiary/aromatic N) is 1. The highest BCUT2D eigenvalue weighted by Crippen LogP contribution is 2.31. The Hall–Kier alpha value is -2.41. The highest BCUT2D eigenvalue weighted by Gasteiger charge is 2.22. The minimum Gasteiger partial charge on any atom is -0.490 e. The molecule has 0 aliphatic carbocycles. The molecule has 2 aromatic rings. The second kappa shape index (κ2) is 5.30. The zero-order chi connectivity index (χ0) is 14.8. The highest BCUT2D eigenvalue weighted by atomic mass is 32.2. The summed E-state index contributed by atoms with van der Waals surface area (Å²) in [5.74, 6) is -0.0907. The van der Waals surface area contributed by atoms with Gasteiger partial charge in [0.15, 0.2) is 5.75 Å². The van der Waals surface area contributed by atoms with E-state index in [-0.39, 0.29) is 21.2 Å². The second-order valence-corrected chi connectivity index (χ2v) is 5.86. The molecule has 0 fully saturated rings. The largest absolute Gasteiger partial charge is 0.490 e. The maximum atomic E-state index is 12.4. The summed E-state index contributed by atoms with van der Waals surface area (Å²) in [7, 11) is -2.47. The molecule has 2 aromatic carbocycles. The molecule has 0 amide bonds. The Labute approximate surface area is 115 Å². The van der Waals surface area contributed by atoms with E-state index in [0.29, 0.717) is 0 Å². The van der Waals surface area contributed by atoms with Crippen molar-refractivity contribution in [2.24, 2.45) is 0 Å². The van der Waals surface area contributed by atoms with E-state index < -0.39 is 14.8 Å². The molecule has 0 aromatic heterocycles. The van der Waals surface area contributed by atoms with E-state index in [4.69, 9.17) is 4.74 Å². The summed E-state index contributed by atoms with van der Waals surface area (Å²) >= 11 is 0. The molecule has 0 saturated heterocycles. The van der Waals surface area contributed by atoms with Crippen LogP contribution in [0.25, 0.3) is 0 Å². The van der Waals surface area contributed by atoms with Crippen molar-refractivity contribution in [1.82, 2.24) is 0 Å². The molecule has 0 aliphatic heterocycles. The van der Waals surface area contributed by atoms with Crippen molar-refractivity contribution in [3.8, 4) is 5.75 Å². The van der Waals surface area contributed by atoms with Crippen molar-refractivity contribution < 1.29 is 18.1 Å². The molecule has 20 heavy (non-hydrogen) atoms. The van der Waals surface area contributed by atoms with Gasteiger partial charge in [-0.3, -0.25) is 10.1 Å². The van der Waals surface area contributed by atoms with Crippen molar-refractivity contribution in [2.75, 3.05) is 7.11 Å². The van der Waals surface area contributed by atoms with Gasteiger partial charge in [-0.25, -0.2) is 8.42 Å². The van der Waals surface area contributed by atoms with Gasteiger partial charge in [-0.15, -0.1) is 0 Å². The Kier molecular flexibility index (Phi) is 3.71. The molecule has 0 aliphatic rings. The van der Waals surface area contributed by atoms with Gasteiger partial charge in [0.05, 0.1) is 21.8 Å². The van der Waals surface area contributed by atoms with Gasteiger partial charge in [-0.2, -0.15) is 0 Å². The predicted molar refractivity (Wildman–Crippen MR) is 71.5 cm³/mol. The maximum Gasteiger partial charge on any atom is 0.310 e. The Morgan fingerprint density at radius 1 is 1.05 bits per heavy atom. The van der Waals surface area contributed by atoms with E-state index in [2.05, 4.69) is 0 Å². The molecule has 7 heteroatoms. The van der Waals surface area contributed by atoms with Crippen LogP contribution in [0.5, 0.6) is 5.75 Å². The zero-order valence-electron chi connectivity index (χ0n) is 10.5. The number of benzene rings is 2. The summed E-state index contributed by atoms with van der Waals surface area (Å²) in [6, 6.07) is 11.3. The number of nitro groups is 1. The standard InChI is InChI=1S/C13H11NO5S/c1-19-13-9-11(7-8-12(13)14(15)16)20(17,18)10-5-3-2-4-6-10/h2-9H,1H3. The second-order valence-electron chi connectivity index (χ2n) is 3.91. The lowest BCUT2D eigenvalue weighted by molar-refractivity contribution is -0.385. The topological polar surface area (TPSA) is 86.5 Å². The van der Waals surface area contributed by atoms with Gasteiger partial charge in [0.1, 0.15) is 0 Å². The number of rotatable bonds is 4. The molecule has 0 radical (unpaired) electrons. The van der Waals surface area contributed by atoms with E-state index in [1.807, 2.05) is 0 Å². The molecule has 0 atom stereocenters. The summed E-state index contributed by atoms with van der Waals surface area (Å²) in [5.41, 5.74) is -0.278. The molecule has 0 saturated carbocycles. The number of sulfone groups is 1. The van der Waals surface area contributed by atoms with E-state index in [9.17, 15) is 18.5 Å². The summed E-state index contributed by atoms with van der Waals surface area (Å²) < 4.78 is 29.6. The van der Waals surface area contributed by atoms with Crippen LogP contribution < -0.4 is 4.74 Å². The fourth-order valence-corrected chi connectivity index (χ4v) is 3.01. The lowest BCUT2D eigenvalue weighted by Gasteiger charge is -2.07. The van der Waals surface area contributed by atoms with Gasteiger partial charge >= 0.3 is 5.69 Å². The first kappa shape index (κ1) is 14.0. The summed E-state index contributed by atoms with van der Waals surface area (Å²) in [4.78, 5) is 10.2. The molecule has 2 rings (SSSR count). The molecular formula is C13H11NO5S. The Bertz CT molecular complexity index is 741. The Morgan fingerprint density at radius 3 is 2.25 bits per heavy atom. The predicted octanol–water partition coefficient (Wildman–Crippen LogP) is 2.44.